The lowest BCUT2D eigenvalue weighted by molar-refractivity contribution is 0.276. The molecule has 2 heteroatoms. The number of nitrogens with zero attached hydrogens (tertiary/aromatic N) is 1. The molecule has 0 unspecified atom stereocenters. The molecule has 0 radical (unpaired) electrons. The van der Waals surface area contributed by atoms with E-state index in [-0.39, 0.29) is 5.54 Å². The molecule has 0 saturated heterocycles. The molecule has 98 valence electrons. The second kappa shape index (κ2) is 4.75. The van der Waals surface area contributed by atoms with Crippen LogP contribution in [-0.4, -0.2) is 18.0 Å². The summed E-state index contributed by atoms with van der Waals surface area (Å²) in [5, 5.41) is 0. The van der Waals surface area contributed by atoms with Crippen molar-refractivity contribution >= 4 is 5.90 Å². The first-order chi connectivity index (χ1) is 8.39. The third-order valence-electron chi connectivity index (χ3n) is 3.56. The standard InChI is InChI=1S/C16H23NO/c1-11(2)9-13-7-6-8-14(12(13)3)15-17-16(4,5)10-18-15/h6-8,12-13H,1,9-10H2,2-5H3/t12-,13-/m1/s1. The normalized spacial score (nSPS) is 29.6. The van der Waals surface area contributed by atoms with Crippen molar-refractivity contribution in [2.24, 2.45) is 16.8 Å². The van der Waals surface area contributed by atoms with Crippen molar-refractivity contribution in [2.75, 3.05) is 6.61 Å². The van der Waals surface area contributed by atoms with Gasteiger partial charge in [-0.3, -0.25) is 0 Å². The third kappa shape index (κ3) is 2.74. The number of allylic oxidation sites excluding steroid dienone is 4. The van der Waals surface area contributed by atoms with Crippen LogP contribution in [0.4, 0.5) is 0 Å². The highest BCUT2D eigenvalue weighted by molar-refractivity contribution is 5.96. The molecule has 0 aromatic carbocycles. The highest BCUT2D eigenvalue weighted by atomic mass is 16.5. The largest absolute Gasteiger partial charge is 0.475 e. The molecule has 0 N–H and O–H groups in total. The summed E-state index contributed by atoms with van der Waals surface area (Å²) in [6, 6.07) is 0. The molecule has 0 amide bonds. The van der Waals surface area contributed by atoms with Crippen LogP contribution in [0.2, 0.25) is 0 Å². The van der Waals surface area contributed by atoms with Crippen LogP contribution in [0, 0.1) is 11.8 Å². The van der Waals surface area contributed by atoms with Crippen LogP contribution in [0.3, 0.4) is 0 Å². The van der Waals surface area contributed by atoms with E-state index in [0.717, 1.165) is 12.3 Å². The molecule has 0 aromatic rings. The molecule has 2 aliphatic rings. The Morgan fingerprint density at radius 2 is 2.28 bits per heavy atom. The van der Waals surface area contributed by atoms with Crippen LogP contribution >= 0.6 is 0 Å². The fourth-order valence-corrected chi connectivity index (χ4v) is 2.50. The van der Waals surface area contributed by atoms with E-state index in [1.165, 1.54) is 11.1 Å². The van der Waals surface area contributed by atoms with E-state index < -0.39 is 0 Å². The summed E-state index contributed by atoms with van der Waals surface area (Å²) in [6.45, 7) is 13.2. The highest BCUT2D eigenvalue weighted by Gasteiger charge is 2.32. The Morgan fingerprint density at radius 1 is 1.56 bits per heavy atom. The lowest BCUT2D eigenvalue weighted by atomic mass is 9.80. The minimum absolute atomic E-state index is 0.0824. The van der Waals surface area contributed by atoms with Crippen molar-refractivity contribution in [3.63, 3.8) is 0 Å². The number of hydrogen-bond donors (Lipinski definition) is 0. The molecule has 0 spiro atoms. The third-order valence-corrected chi connectivity index (χ3v) is 3.56. The van der Waals surface area contributed by atoms with Crippen molar-refractivity contribution in [2.45, 2.75) is 39.7 Å². The van der Waals surface area contributed by atoms with Gasteiger partial charge in [0.2, 0.25) is 5.90 Å². The lowest BCUT2D eigenvalue weighted by Crippen LogP contribution is -2.20. The molecular weight excluding hydrogens is 222 g/mol. The van der Waals surface area contributed by atoms with Gasteiger partial charge in [-0.1, -0.05) is 30.7 Å². The van der Waals surface area contributed by atoms with Gasteiger partial charge in [0.15, 0.2) is 0 Å². The van der Waals surface area contributed by atoms with Crippen molar-refractivity contribution in [1.82, 2.24) is 0 Å². The minimum Gasteiger partial charge on any atom is -0.475 e. The summed E-state index contributed by atoms with van der Waals surface area (Å²) in [5.74, 6) is 1.79. The molecule has 0 bridgehead atoms. The van der Waals surface area contributed by atoms with Gasteiger partial charge in [0.1, 0.15) is 6.61 Å². The topological polar surface area (TPSA) is 21.6 Å². The monoisotopic (exact) mass is 245 g/mol. The first kappa shape index (κ1) is 13.1. The molecule has 1 heterocycles. The summed E-state index contributed by atoms with van der Waals surface area (Å²) in [7, 11) is 0. The van der Waals surface area contributed by atoms with Crippen molar-refractivity contribution in [3.8, 4) is 0 Å². The maximum Gasteiger partial charge on any atom is 0.212 e. The molecule has 2 rings (SSSR count). The predicted octanol–water partition coefficient (Wildman–Crippen LogP) is 3.91. The highest BCUT2D eigenvalue weighted by Crippen LogP contribution is 2.33. The Kier molecular flexibility index (Phi) is 3.47. The van der Waals surface area contributed by atoms with Crippen LogP contribution in [-0.2, 0) is 4.74 Å². The van der Waals surface area contributed by atoms with E-state index in [1.54, 1.807) is 0 Å². The Morgan fingerprint density at radius 3 is 2.83 bits per heavy atom. The number of ether oxygens (including phenoxy) is 1. The molecule has 1 aliphatic heterocycles. The number of aliphatic imine (C=N–C) groups is 1. The van der Waals surface area contributed by atoms with Gasteiger partial charge < -0.3 is 4.74 Å². The zero-order chi connectivity index (χ0) is 13.3. The SMILES string of the molecule is C=C(C)C[C@H]1C=CC=C(C2=NC(C)(C)CO2)[C@@H]1C. The van der Waals surface area contributed by atoms with E-state index >= 15 is 0 Å². The Labute approximate surface area is 110 Å². The zero-order valence-corrected chi connectivity index (χ0v) is 11.9. The van der Waals surface area contributed by atoms with Gasteiger partial charge >= 0.3 is 0 Å². The van der Waals surface area contributed by atoms with Crippen molar-refractivity contribution < 1.29 is 4.74 Å². The Hall–Kier alpha value is -1.31. The maximum atomic E-state index is 5.76. The summed E-state index contributed by atoms with van der Waals surface area (Å²) in [5.41, 5.74) is 2.38. The average Bonchev–Trinajstić information content (AvgIpc) is 2.61. The second-order valence-electron chi connectivity index (χ2n) is 6.14. The quantitative estimate of drug-likeness (QED) is 0.691. The number of rotatable bonds is 3. The van der Waals surface area contributed by atoms with E-state index in [2.05, 4.69) is 57.5 Å². The molecular formula is C16H23NO. The minimum atomic E-state index is -0.0824. The fourth-order valence-electron chi connectivity index (χ4n) is 2.50. The molecule has 0 saturated carbocycles. The van der Waals surface area contributed by atoms with E-state index in [4.69, 9.17) is 4.74 Å². The van der Waals surface area contributed by atoms with Crippen LogP contribution in [0.25, 0.3) is 0 Å². The first-order valence-electron chi connectivity index (χ1n) is 6.65. The van der Waals surface area contributed by atoms with Crippen molar-refractivity contribution in [1.29, 1.82) is 0 Å². The summed E-state index contributed by atoms with van der Waals surface area (Å²) in [6.07, 6.45) is 7.56. The molecule has 2 atom stereocenters. The molecule has 1 aliphatic carbocycles. The Bertz CT molecular complexity index is 440. The van der Waals surface area contributed by atoms with Gasteiger partial charge in [0.05, 0.1) is 5.54 Å². The average molecular weight is 245 g/mol. The fraction of sp³-hybridized carbons (Fsp3) is 0.562. The first-order valence-corrected chi connectivity index (χ1v) is 6.65. The smallest absolute Gasteiger partial charge is 0.212 e. The zero-order valence-electron chi connectivity index (χ0n) is 11.9. The van der Waals surface area contributed by atoms with Gasteiger partial charge in [0.25, 0.3) is 0 Å². The molecule has 2 nitrogen and oxygen atoms in total. The second-order valence-corrected chi connectivity index (χ2v) is 6.14. The van der Waals surface area contributed by atoms with Gasteiger partial charge in [0, 0.05) is 5.57 Å². The molecule has 18 heavy (non-hydrogen) atoms. The van der Waals surface area contributed by atoms with Crippen LogP contribution < -0.4 is 0 Å². The van der Waals surface area contributed by atoms with Gasteiger partial charge in [-0.25, -0.2) is 4.99 Å². The van der Waals surface area contributed by atoms with Gasteiger partial charge in [-0.05, 0) is 39.0 Å². The predicted molar refractivity (Wildman–Crippen MR) is 76.8 cm³/mol. The van der Waals surface area contributed by atoms with E-state index in [9.17, 15) is 0 Å². The molecule has 0 aromatic heterocycles. The maximum absolute atomic E-state index is 5.76. The summed E-state index contributed by atoms with van der Waals surface area (Å²) >= 11 is 0. The lowest BCUT2D eigenvalue weighted by Gasteiger charge is -2.26. The van der Waals surface area contributed by atoms with Gasteiger partial charge in [-0.2, -0.15) is 0 Å². The van der Waals surface area contributed by atoms with Crippen molar-refractivity contribution in [3.05, 3.63) is 36.0 Å². The van der Waals surface area contributed by atoms with Crippen LogP contribution in [0.1, 0.15) is 34.1 Å². The molecule has 0 fully saturated rings. The Balaban J connectivity index is 2.17. The number of hydrogen-bond acceptors (Lipinski definition) is 2. The summed E-state index contributed by atoms with van der Waals surface area (Å²) in [4.78, 5) is 4.68. The van der Waals surface area contributed by atoms with E-state index in [1.807, 2.05) is 0 Å². The van der Waals surface area contributed by atoms with E-state index in [0.29, 0.717) is 18.4 Å². The van der Waals surface area contributed by atoms with Crippen LogP contribution in [0.5, 0.6) is 0 Å². The van der Waals surface area contributed by atoms with Gasteiger partial charge in [-0.15, -0.1) is 6.58 Å². The van der Waals surface area contributed by atoms with Crippen LogP contribution in [0.15, 0.2) is 40.9 Å². The summed E-state index contributed by atoms with van der Waals surface area (Å²) < 4.78 is 5.76.